The molecule has 10 aromatic rings. The van der Waals surface area contributed by atoms with Gasteiger partial charge in [0.15, 0.2) is 0 Å². The van der Waals surface area contributed by atoms with Gasteiger partial charge in [-0.25, -0.2) is 0 Å². The number of rotatable bonds is 4. The third-order valence-corrected chi connectivity index (χ3v) is 14.8. The fourth-order valence-corrected chi connectivity index (χ4v) is 11.5. The minimum atomic E-state index is -0.224. The van der Waals surface area contributed by atoms with E-state index in [1.807, 2.05) is 11.3 Å². The number of thiophene rings is 1. The van der Waals surface area contributed by atoms with Crippen molar-refractivity contribution in [2.24, 2.45) is 0 Å². The highest BCUT2D eigenvalue weighted by Crippen LogP contribution is 2.54. The first-order chi connectivity index (χ1) is 28.1. The Kier molecular flexibility index (Phi) is 6.96. The molecule has 2 aromatic heterocycles. The number of furan rings is 1. The van der Waals surface area contributed by atoms with Crippen LogP contribution in [0, 0.1) is 6.92 Å². The van der Waals surface area contributed by atoms with E-state index in [1.54, 1.807) is 0 Å². The van der Waals surface area contributed by atoms with Gasteiger partial charge in [0.2, 0.25) is 0 Å². The predicted molar refractivity (Wildman–Crippen MR) is 247 cm³/mol. The second kappa shape index (κ2) is 11.9. The van der Waals surface area contributed by atoms with Crippen LogP contribution in [-0.4, -0.2) is 0 Å². The zero-order chi connectivity index (χ0) is 39.1. The van der Waals surface area contributed by atoms with E-state index in [4.69, 9.17) is 4.42 Å². The van der Waals surface area contributed by atoms with Crippen LogP contribution in [0.5, 0.6) is 0 Å². The zero-order valence-corrected chi connectivity index (χ0v) is 34.3. The second-order valence-electron chi connectivity index (χ2n) is 17.8. The summed E-state index contributed by atoms with van der Waals surface area (Å²) in [6.45, 7) is 11.8. The fourth-order valence-electron chi connectivity index (χ4n) is 10.6. The molecule has 0 amide bonds. The lowest BCUT2D eigenvalue weighted by atomic mass is 9.75. The molecule has 2 heteroatoms. The normalized spacial score (nSPS) is 14.0. The van der Waals surface area contributed by atoms with Crippen molar-refractivity contribution in [1.82, 2.24) is 0 Å². The van der Waals surface area contributed by atoms with Gasteiger partial charge in [-0.1, -0.05) is 125 Å². The molecular weight excluding hydrogens is 721 g/mol. The molecule has 0 fully saturated rings. The molecule has 0 aliphatic heterocycles. The summed E-state index contributed by atoms with van der Waals surface area (Å²) in [5.74, 6) is 0. The molecule has 0 spiro atoms. The summed E-state index contributed by atoms with van der Waals surface area (Å²) in [6.07, 6.45) is 1.00. The Morgan fingerprint density at radius 1 is 0.569 bits per heavy atom. The van der Waals surface area contributed by atoms with Crippen LogP contribution in [-0.2, 0) is 17.3 Å². The van der Waals surface area contributed by atoms with Crippen molar-refractivity contribution in [3.8, 4) is 43.8 Å². The smallest absolute Gasteiger partial charge is 0.136 e. The summed E-state index contributed by atoms with van der Waals surface area (Å²) in [4.78, 5) is 1.29. The van der Waals surface area contributed by atoms with Crippen molar-refractivity contribution in [3.05, 3.63) is 190 Å². The van der Waals surface area contributed by atoms with E-state index in [2.05, 4.69) is 186 Å². The minimum absolute atomic E-state index is 0.0990. The number of fused-ring (bicyclic) bond motifs is 13. The van der Waals surface area contributed by atoms with Crippen LogP contribution < -0.4 is 0 Å². The number of aryl methyl sites for hydroxylation is 1. The average molecular weight is 763 g/mol. The molecule has 2 aliphatic rings. The molecule has 278 valence electrons. The first-order valence-corrected chi connectivity index (χ1v) is 21.4. The molecule has 0 saturated carbocycles. The quantitative estimate of drug-likeness (QED) is 0.174. The van der Waals surface area contributed by atoms with E-state index < -0.39 is 0 Å². The van der Waals surface area contributed by atoms with Crippen LogP contribution in [0.25, 0.3) is 87.3 Å². The summed E-state index contributed by atoms with van der Waals surface area (Å²) in [5, 5.41) is 9.87. The SMILES string of the molecule is Cc1ccc(-c2cc(-c3ccc4c(c3)C(C)(C)c3cc5c(cc3-4)Cc3ccc4ccccc4c3-5)cs2)cc1C(C)(C)c1ccc2oc3ccc4ccccc4c3c2c1. The molecule has 2 heterocycles. The highest BCUT2D eigenvalue weighted by molar-refractivity contribution is 7.14. The Morgan fingerprint density at radius 3 is 2.17 bits per heavy atom. The standard InChI is InChI=1S/C56H42OS/c1-32-14-15-36(27-47(32)55(2,3)40-20-23-50-46(29-40)54-42-13-9-7-11-34(42)19-22-51(54)57-50)52-28-39(31-58-52)35-18-21-43-45-25-38-24-37-17-16-33-10-6-8-12-41(33)53(37)44(38)30-49(45)56(4,5)48(43)26-35/h6-23,25-31H,24H2,1-5H3. The molecule has 12 rings (SSSR count). The van der Waals surface area contributed by atoms with Gasteiger partial charge < -0.3 is 4.42 Å². The Bertz CT molecular complexity index is 3380. The van der Waals surface area contributed by atoms with Gasteiger partial charge >= 0.3 is 0 Å². The van der Waals surface area contributed by atoms with E-state index in [-0.39, 0.29) is 10.8 Å². The summed E-state index contributed by atoms with van der Waals surface area (Å²) in [5.41, 5.74) is 20.7. The molecule has 8 aromatic carbocycles. The molecule has 58 heavy (non-hydrogen) atoms. The maximum absolute atomic E-state index is 6.37. The number of hydrogen-bond acceptors (Lipinski definition) is 2. The summed E-state index contributed by atoms with van der Waals surface area (Å²) in [7, 11) is 0. The Balaban J connectivity index is 0.886. The van der Waals surface area contributed by atoms with Crippen molar-refractivity contribution in [1.29, 1.82) is 0 Å². The third kappa shape index (κ3) is 4.76. The molecule has 0 radical (unpaired) electrons. The van der Waals surface area contributed by atoms with E-state index in [9.17, 15) is 0 Å². The minimum Gasteiger partial charge on any atom is -0.456 e. The summed E-state index contributed by atoms with van der Waals surface area (Å²) >= 11 is 1.84. The lowest BCUT2D eigenvalue weighted by molar-refractivity contribution is 0.635. The molecule has 0 unspecified atom stereocenters. The maximum atomic E-state index is 6.37. The highest BCUT2D eigenvalue weighted by Gasteiger charge is 2.38. The maximum Gasteiger partial charge on any atom is 0.136 e. The molecule has 2 aliphatic carbocycles. The third-order valence-electron chi connectivity index (χ3n) is 13.8. The van der Waals surface area contributed by atoms with E-state index in [0.29, 0.717) is 0 Å². The van der Waals surface area contributed by atoms with Gasteiger partial charge in [-0.2, -0.15) is 0 Å². The Hall–Kier alpha value is -6.22. The second-order valence-corrected chi connectivity index (χ2v) is 18.7. The number of benzene rings is 8. The summed E-state index contributed by atoms with van der Waals surface area (Å²) < 4.78 is 6.37. The van der Waals surface area contributed by atoms with Gasteiger partial charge in [0, 0.05) is 26.5 Å². The van der Waals surface area contributed by atoms with Crippen LogP contribution in [0.3, 0.4) is 0 Å². The van der Waals surface area contributed by atoms with Crippen molar-refractivity contribution in [2.45, 2.75) is 51.9 Å². The lowest BCUT2D eigenvalue weighted by Gasteiger charge is -2.28. The van der Waals surface area contributed by atoms with Crippen molar-refractivity contribution in [2.75, 3.05) is 0 Å². The first-order valence-electron chi connectivity index (χ1n) is 20.5. The van der Waals surface area contributed by atoms with Crippen molar-refractivity contribution in [3.63, 3.8) is 0 Å². The van der Waals surface area contributed by atoms with Crippen LogP contribution >= 0.6 is 11.3 Å². The fraction of sp³-hybridized carbons (Fsp3) is 0.143. The predicted octanol–water partition coefficient (Wildman–Crippen LogP) is 15.8. The van der Waals surface area contributed by atoms with Crippen LogP contribution in [0.15, 0.2) is 155 Å². The molecule has 1 nitrogen and oxygen atoms in total. The van der Waals surface area contributed by atoms with Crippen LogP contribution in [0.1, 0.15) is 66.6 Å². The van der Waals surface area contributed by atoms with Gasteiger partial charge in [0.05, 0.1) is 0 Å². The van der Waals surface area contributed by atoms with E-state index >= 15 is 0 Å². The Labute approximate surface area is 343 Å². The number of hydrogen-bond donors (Lipinski definition) is 0. The van der Waals surface area contributed by atoms with Crippen LogP contribution in [0.2, 0.25) is 0 Å². The molecule has 0 N–H and O–H groups in total. The molecule has 0 bridgehead atoms. The van der Waals surface area contributed by atoms with E-state index in [0.717, 1.165) is 17.6 Å². The van der Waals surface area contributed by atoms with Gasteiger partial charge in [0.1, 0.15) is 11.2 Å². The molecule has 0 atom stereocenters. The topological polar surface area (TPSA) is 13.1 Å². The summed E-state index contributed by atoms with van der Waals surface area (Å²) in [6, 6.07) is 54.8. The largest absolute Gasteiger partial charge is 0.456 e. The van der Waals surface area contributed by atoms with Gasteiger partial charge in [-0.3, -0.25) is 0 Å². The van der Waals surface area contributed by atoms with Gasteiger partial charge in [0.25, 0.3) is 0 Å². The van der Waals surface area contributed by atoms with Crippen molar-refractivity contribution < 1.29 is 4.42 Å². The van der Waals surface area contributed by atoms with E-state index in [1.165, 1.54) is 115 Å². The highest BCUT2D eigenvalue weighted by atomic mass is 32.1. The molecule has 0 saturated heterocycles. The van der Waals surface area contributed by atoms with Gasteiger partial charge in [-0.05, 0) is 167 Å². The monoisotopic (exact) mass is 762 g/mol. The Morgan fingerprint density at radius 2 is 1.31 bits per heavy atom. The molecular formula is C56H42OS. The van der Waals surface area contributed by atoms with Gasteiger partial charge in [-0.15, -0.1) is 11.3 Å². The lowest BCUT2D eigenvalue weighted by Crippen LogP contribution is -2.20. The average Bonchev–Trinajstić information content (AvgIpc) is 4.02. The zero-order valence-electron chi connectivity index (χ0n) is 33.5. The van der Waals surface area contributed by atoms with Crippen LogP contribution in [0.4, 0.5) is 0 Å². The van der Waals surface area contributed by atoms with Crippen molar-refractivity contribution >= 4 is 54.8 Å². The first kappa shape index (κ1) is 33.9.